The zero-order valence-electron chi connectivity index (χ0n) is 9.83. The molecule has 0 saturated heterocycles. The van der Waals surface area contributed by atoms with Gasteiger partial charge in [0.15, 0.2) is 0 Å². The van der Waals surface area contributed by atoms with Gasteiger partial charge >= 0.3 is 0 Å². The first-order valence-corrected chi connectivity index (χ1v) is 6.17. The molecule has 1 amide bonds. The van der Waals surface area contributed by atoms with Crippen LogP contribution in [0.3, 0.4) is 0 Å². The standard InChI is InChI=1S/C13H20N2O/c1-10-5-7-11(8-6-10)15-13(16)12-4-2-3-9-14-12/h2-4,10-11,14H,5-9H2,1H3,(H,15,16). The van der Waals surface area contributed by atoms with E-state index < -0.39 is 0 Å². The van der Waals surface area contributed by atoms with Gasteiger partial charge in [0, 0.05) is 12.6 Å². The highest BCUT2D eigenvalue weighted by Crippen LogP contribution is 2.23. The quantitative estimate of drug-likeness (QED) is 0.744. The molecule has 1 aliphatic heterocycles. The van der Waals surface area contributed by atoms with Gasteiger partial charge in [-0.05, 0) is 37.7 Å². The van der Waals surface area contributed by atoms with Gasteiger partial charge in [-0.1, -0.05) is 19.1 Å². The van der Waals surface area contributed by atoms with Gasteiger partial charge in [-0.2, -0.15) is 0 Å². The van der Waals surface area contributed by atoms with E-state index in [0.717, 1.165) is 25.3 Å². The zero-order chi connectivity index (χ0) is 11.4. The molecule has 2 aliphatic rings. The number of hydrogen-bond acceptors (Lipinski definition) is 2. The second-order valence-electron chi connectivity index (χ2n) is 4.82. The number of amides is 1. The normalized spacial score (nSPS) is 29.2. The van der Waals surface area contributed by atoms with Crippen LogP contribution in [0.5, 0.6) is 0 Å². The molecule has 0 spiro atoms. The topological polar surface area (TPSA) is 41.1 Å². The summed E-state index contributed by atoms with van der Waals surface area (Å²) < 4.78 is 0. The summed E-state index contributed by atoms with van der Waals surface area (Å²) in [6.07, 6.45) is 10.5. The highest BCUT2D eigenvalue weighted by molar-refractivity contribution is 5.93. The third-order valence-electron chi connectivity index (χ3n) is 3.41. The SMILES string of the molecule is CC1CCC(NC(=O)C2=CC=CCN2)CC1. The Hall–Kier alpha value is -1.25. The van der Waals surface area contributed by atoms with Crippen molar-refractivity contribution in [2.24, 2.45) is 5.92 Å². The summed E-state index contributed by atoms with van der Waals surface area (Å²) in [5, 5.41) is 6.18. The molecule has 0 aromatic carbocycles. The Morgan fingerprint density at radius 3 is 2.75 bits per heavy atom. The molecule has 1 fully saturated rings. The molecule has 2 N–H and O–H groups in total. The third-order valence-corrected chi connectivity index (χ3v) is 3.41. The van der Waals surface area contributed by atoms with Crippen LogP contribution < -0.4 is 10.6 Å². The number of dihydropyridines is 1. The van der Waals surface area contributed by atoms with E-state index in [2.05, 4.69) is 17.6 Å². The Morgan fingerprint density at radius 1 is 1.38 bits per heavy atom. The Kier molecular flexibility index (Phi) is 3.65. The first-order valence-electron chi connectivity index (χ1n) is 6.17. The molecule has 3 nitrogen and oxygen atoms in total. The van der Waals surface area contributed by atoms with Crippen LogP contribution in [0.15, 0.2) is 23.9 Å². The fraction of sp³-hybridized carbons (Fsp3) is 0.615. The molecular weight excluding hydrogens is 200 g/mol. The Bertz CT molecular complexity index is 312. The number of carbonyl (C=O) groups is 1. The molecule has 0 atom stereocenters. The molecule has 2 rings (SSSR count). The van der Waals surface area contributed by atoms with Gasteiger partial charge in [-0.15, -0.1) is 0 Å². The monoisotopic (exact) mass is 220 g/mol. The lowest BCUT2D eigenvalue weighted by Gasteiger charge is -2.27. The maximum atomic E-state index is 11.9. The smallest absolute Gasteiger partial charge is 0.267 e. The maximum Gasteiger partial charge on any atom is 0.267 e. The van der Waals surface area contributed by atoms with Crippen LogP contribution in [0.1, 0.15) is 32.6 Å². The van der Waals surface area contributed by atoms with Crippen molar-refractivity contribution in [2.75, 3.05) is 6.54 Å². The van der Waals surface area contributed by atoms with Gasteiger partial charge in [-0.25, -0.2) is 0 Å². The van der Waals surface area contributed by atoms with E-state index in [4.69, 9.17) is 0 Å². The summed E-state index contributed by atoms with van der Waals surface area (Å²) in [6.45, 7) is 3.04. The summed E-state index contributed by atoms with van der Waals surface area (Å²) in [5.41, 5.74) is 0.695. The van der Waals surface area contributed by atoms with Gasteiger partial charge in [0.1, 0.15) is 5.70 Å². The van der Waals surface area contributed by atoms with Crippen molar-refractivity contribution in [3.05, 3.63) is 23.9 Å². The largest absolute Gasteiger partial charge is 0.377 e. The molecule has 1 saturated carbocycles. The van der Waals surface area contributed by atoms with Gasteiger partial charge < -0.3 is 10.6 Å². The van der Waals surface area contributed by atoms with Crippen LogP contribution in [0.2, 0.25) is 0 Å². The van der Waals surface area contributed by atoms with Gasteiger partial charge in [-0.3, -0.25) is 4.79 Å². The molecule has 0 unspecified atom stereocenters. The van der Waals surface area contributed by atoms with Gasteiger partial charge in [0.05, 0.1) is 0 Å². The van der Waals surface area contributed by atoms with E-state index in [1.807, 2.05) is 18.2 Å². The minimum absolute atomic E-state index is 0.0453. The van der Waals surface area contributed by atoms with E-state index in [0.29, 0.717) is 11.7 Å². The number of rotatable bonds is 2. The lowest BCUT2D eigenvalue weighted by atomic mass is 9.87. The second-order valence-corrected chi connectivity index (χ2v) is 4.82. The third kappa shape index (κ3) is 2.87. The minimum atomic E-state index is 0.0453. The van der Waals surface area contributed by atoms with Crippen LogP contribution in [0.4, 0.5) is 0 Å². The predicted octanol–water partition coefficient (Wildman–Crippen LogP) is 1.72. The summed E-state index contributed by atoms with van der Waals surface area (Å²) >= 11 is 0. The Morgan fingerprint density at radius 2 is 2.12 bits per heavy atom. The van der Waals surface area contributed by atoms with Crippen molar-refractivity contribution in [2.45, 2.75) is 38.6 Å². The average molecular weight is 220 g/mol. The number of allylic oxidation sites excluding steroid dienone is 2. The van der Waals surface area contributed by atoms with Gasteiger partial charge in [0.25, 0.3) is 5.91 Å². The molecular formula is C13H20N2O. The number of carbonyl (C=O) groups excluding carboxylic acids is 1. The fourth-order valence-corrected chi connectivity index (χ4v) is 2.28. The molecule has 0 radical (unpaired) electrons. The van der Waals surface area contributed by atoms with E-state index in [1.165, 1.54) is 12.8 Å². The second kappa shape index (κ2) is 5.19. The minimum Gasteiger partial charge on any atom is -0.377 e. The van der Waals surface area contributed by atoms with Crippen LogP contribution >= 0.6 is 0 Å². The molecule has 88 valence electrons. The first-order chi connectivity index (χ1) is 7.75. The molecule has 0 bridgehead atoms. The van der Waals surface area contributed by atoms with E-state index >= 15 is 0 Å². The van der Waals surface area contributed by atoms with E-state index in [-0.39, 0.29) is 5.91 Å². The number of hydrogen-bond donors (Lipinski definition) is 2. The number of nitrogens with one attached hydrogen (secondary N) is 2. The van der Waals surface area contributed by atoms with Crippen molar-refractivity contribution in [3.8, 4) is 0 Å². The summed E-state index contributed by atoms with van der Waals surface area (Å²) in [7, 11) is 0. The average Bonchev–Trinajstić information content (AvgIpc) is 2.33. The predicted molar refractivity (Wildman–Crippen MR) is 64.8 cm³/mol. The molecule has 0 aromatic heterocycles. The first kappa shape index (κ1) is 11.2. The van der Waals surface area contributed by atoms with Crippen molar-refractivity contribution < 1.29 is 4.79 Å². The zero-order valence-corrected chi connectivity index (χ0v) is 9.83. The molecule has 3 heteroatoms. The highest BCUT2D eigenvalue weighted by atomic mass is 16.2. The van der Waals surface area contributed by atoms with Gasteiger partial charge in [0.2, 0.25) is 0 Å². The molecule has 16 heavy (non-hydrogen) atoms. The summed E-state index contributed by atoms with van der Waals surface area (Å²) in [4.78, 5) is 11.9. The Balaban J connectivity index is 1.83. The van der Waals surface area contributed by atoms with E-state index in [1.54, 1.807) is 0 Å². The lowest BCUT2D eigenvalue weighted by molar-refractivity contribution is -0.118. The maximum absolute atomic E-state index is 11.9. The van der Waals surface area contributed by atoms with E-state index in [9.17, 15) is 4.79 Å². The fourth-order valence-electron chi connectivity index (χ4n) is 2.28. The van der Waals surface area contributed by atoms with Crippen LogP contribution in [-0.4, -0.2) is 18.5 Å². The van der Waals surface area contributed by atoms with Crippen LogP contribution in [0.25, 0.3) is 0 Å². The van der Waals surface area contributed by atoms with Crippen molar-refractivity contribution in [1.29, 1.82) is 0 Å². The van der Waals surface area contributed by atoms with Crippen molar-refractivity contribution in [3.63, 3.8) is 0 Å². The lowest BCUT2D eigenvalue weighted by Crippen LogP contribution is -2.41. The van der Waals surface area contributed by atoms with Crippen molar-refractivity contribution in [1.82, 2.24) is 10.6 Å². The molecule has 0 aromatic rings. The Labute approximate surface area is 97.0 Å². The van der Waals surface area contributed by atoms with Crippen LogP contribution in [-0.2, 0) is 4.79 Å². The molecule has 1 aliphatic carbocycles. The van der Waals surface area contributed by atoms with Crippen molar-refractivity contribution >= 4 is 5.91 Å². The van der Waals surface area contributed by atoms with Crippen LogP contribution in [0, 0.1) is 5.92 Å². The summed E-state index contributed by atoms with van der Waals surface area (Å²) in [5.74, 6) is 0.868. The highest BCUT2D eigenvalue weighted by Gasteiger charge is 2.21. The summed E-state index contributed by atoms with van der Waals surface area (Å²) in [6, 6.07) is 0.373. The molecule has 1 heterocycles.